The molecule has 1 fully saturated rings. The van der Waals surface area contributed by atoms with E-state index in [9.17, 15) is 4.79 Å². The highest BCUT2D eigenvalue weighted by atomic mass is 16.5. The largest absolute Gasteiger partial charge is 0.362 e. The lowest BCUT2D eigenvalue weighted by Crippen LogP contribution is -2.08. The zero-order chi connectivity index (χ0) is 9.26. The van der Waals surface area contributed by atoms with Gasteiger partial charge in [0.15, 0.2) is 5.78 Å². The first-order chi connectivity index (χ1) is 6.27. The van der Waals surface area contributed by atoms with Crippen molar-refractivity contribution in [3.63, 3.8) is 0 Å². The Hall–Kier alpha value is -1.15. The van der Waals surface area contributed by atoms with Gasteiger partial charge in [-0.25, -0.2) is 0 Å². The van der Waals surface area contributed by atoms with E-state index in [1.54, 1.807) is 0 Å². The van der Waals surface area contributed by atoms with Crippen molar-refractivity contribution in [2.24, 2.45) is 0 Å². The Morgan fingerprint density at radius 2 is 2.00 bits per heavy atom. The van der Waals surface area contributed by atoms with E-state index in [4.69, 9.17) is 4.74 Å². The fourth-order valence-corrected chi connectivity index (χ4v) is 1.58. The van der Waals surface area contributed by atoms with Crippen LogP contribution >= 0.6 is 0 Å². The number of Topliss-reactive ketones (excluding diaryl/α,β-unsaturated/α-hetero) is 1. The standard InChI is InChI=1S/C11H12O2/c1-8-10(12)7-11(13-8)9-5-3-2-4-6-9/h2-6,8,11H,7H2,1H3/t8-,11+/m0/s1. The summed E-state index contributed by atoms with van der Waals surface area (Å²) >= 11 is 0. The minimum absolute atomic E-state index is 0.0244. The van der Waals surface area contributed by atoms with Gasteiger partial charge in [0, 0.05) is 6.42 Å². The summed E-state index contributed by atoms with van der Waals surface area (Å²) in [5.74, 6) is 0.203. The molecule has 68 valence electrons. The van der Waals surface area contributed by atoms with Gasteiger partial charge >= 0.3 is 0 Å². The van der Waals surface area contributed by atoms with Crippen LogP contribution in [0.4, 0.5) is 0 Å². The van der Waals surface area contributed by atoms with Crippen molar-refractivity contribution in [1.82, 2.24) is 0 Å². The van der Waals surface area contributed by atoms with Crippen LogP contribution in [0.3, 0.4) is 0 Å². The van der Waals surface area contributed by atoms with E-state index in [1.165, 1.54) is 0 Å². The molecule has 0 saturated carbocycles. The first-order valence-corrected chi connectivity index (χ1v) is 4.50. The molecule has 1 heterocycles. The molecule has 1 aliphatic heterocycles. The van der Waals surface area contributed by atoms with Gasteiger partial charge in [0.25, 0.3) is 0 Å². The molecule has 1 aromatic rings. The molecule has 1 saturated heterocycles. The molecule has 0 amide bonds. The third-order valence-electron chi connectivity index (χ3n) is 2.38. The van der Waals surface area contributed by atoms with Gasteiger partial charge in [-0.05, 0) is 12.5 Å². The summed E-state index contributed by atoms with van der Waals surface area (Å²) < 4.78 is 5.51. The number of benzene rings is 1. The van der Waals surface area contributed by atoms with Gasteiger partial charge in [-0.15, -0.1) is 0 Å². The molecule has 0 bridgehead atoms. The summed E-state index contributed by atoms with van der Waals surface area (Å²) in [6, 6.07) is 9.88. The van der Waals surface area contributed by atoms with E-state index < -0.39 is 0 Å². The smallest absolute Gasteiger partial charge is 0.164 e. The van der Waals surface area contributed by atoms with Crippen LogP contribution in [0, 0.1) is 0 Å². The summed E-state index contributed by atoms with van der Waals surface area (Å²) in [5, 5.41) is 0. The first-order valence-electron chi connectivity index (χ1n) is 4.50. The summed E-state index contributed by atoms with van der Waals surface area (Å²) in [6.07, 6.45) is 0.263. The normalized spacial score (nSPS) is 27.9. The Bertz CT molecular complexity index is 305. The number of hydrogen-bond acceptors (Lipinski definition) is 2. The summed E-state index contributed by atoms with van der Waals surface area (Å²) in [6.45, 7) is 1.81. The maximum Gasteiger partial charge on any atom is 0.164 e. The topological polar surface area (TPSA) is 26.3 Å². The lowest BCUT2D eigenvalue weighted by atomic mass is 10.1. The fraction of sp³-hybridized carbons (Fsp3) is 0.364. The predicted octanol–water partition coefficient (Wildman–Crippen LogP) is 2.11. The van der Waals surface area contributed by atoms with Crippen molar-refractivity contribution in [1.29, 1.82) is 0 Å². The molecular formula is C11H12O2. The molecule has 0 N–H and O–H groups in total. The van der Waals surface area contributed by atoms with Crippen LogP contribution < -0.4 is 0 Å². The highest BCUT2D eigenvalue weighted by Gasteiger charge is 2.30. The molecular weight excluding hydrogens is 164 g/mol. The molecule has 0 radical (unpaired) electrons. The quantitative estimate of drug-likeness (QED) is 0.655. The molecule has 2 atom stereocenters. The van der Waals surface area contributed by atoms with Crippen LogP contribution in [-0.4, -0.2) is 11.9 Å². The molecule has 1 aromatic carbocycles. The van der Waals surface area contributed by atoms with Crippen LogP contribution in [0.1, 0.15) is 25.0 Å². The van der Waals surface area contributed by atoms with Crippen molar-refractivity contribution >= 4 is 5.78 Å². The van der Waals surface area contributed by atoms with Crippen molar-refractivity contribution in [3.05, 3.63) is 35.9 Å². The minimum atomic E-state index is -0.231. The van der Waals surface area contributed by atoms with Gasteiger partial charge in [0.05, 0.1) is 6.10 Å². The van der Waals surface area contributed by atoms with Gasteiger partial charge < -0.3 is 4.74 Å². The first kappa shape index (κ1) is 8.45. The lowest BCUT2D eigenvalue weighted by molar-refractivity contribution is -0.121. The second kappa shape index (κ2) is 3.30. The number of carbonyl (C=O) groups is 1. The van der Waals surface area contributed by atoms with Crippen LogP contribution in [-0.2, 0) is 9.53 Å². The zero-order valence-corrected chi connectivity index (χ0v) is 7.57. The highest BCUT2D eigenvalue weighted by Crippen LogP contribution is 2.29. The number of ketones is 1. The second-order valence-corrected chi connectivity index (χ2v) is 3.35. The third-order valence-corrected chi connectivity index (χ3v) is 2.38. The second-order valence-electron chi connectivity index (χ2n) is 3.35. The Balaban J connectivity index is 2.17. The average Bonchev–Trinajstić information content (AvgIpc) is 2.49. The van der Waals surface area contributed by atoms with Crippen LogP contribution in [0.5, 0.6) is 0 Å². The Morgan fingerprint density at radius 3 is 2.54 bits per heavy atom. The van der Waals surface area contributed by atoms with Crippen molar-refractivity contribution < 1.29 is 9.53 Å². The molecule has 0 spiro atoms. The molecule has 1 aliphatic rings. The Labute approximate surface area is 77.5 Å². The van der Waals surface area contributed by atoms with E-state index in [-0.39, 0.29) is 18.0 Å². The van der Waals surface area contributed by atoms with E-state index in [0.29, 0.717) is 6.42 Å². The Kier molecular flexibility index (Phi) is 2.15. The van der Waals surface area contributed by atoms with Crippen LogP contribution in [0.25, 0.3) is 0 Å². The molecule has 2 heteroatoms. The molecule has 13 heavy (non-hydrogen) atoms. The number of ether oxygens (including phenoxy) is 1. The van der Waals surface area contributed by atoms with E-state index in [1.807, 2.05) is 37.3 Å². The Morgan fingerprint density at radius 1 is 1.31 bits per heavy atom. The lowest BCUT2D eigenvalue weighted by Gasteiger charge is -2.09. The monoisotopic (exact) mass is 176 g/mol. The van der Waals surface area contributed by atoms with Crippen molar-refractivity contribution in [2.45, 2.75) is 25.6 Å². The van der Waals surface area contributed by atoms with Gasteiger partial charge in [0.1, 0.15) is 6.10 Å². The average molecular weight is 176 g/mol. The maximum atomic E-state index is 11.2. The van der Waals surface area contributed by atoms with Gasteiger partial charge in [0.2, 0.25) is 0 Å². The summed E-state index contributed by atoms with van der Waals surface area (Å²) in [7, 11) is 0. The van der Waals surface area contributed by atoms with Crippen LogP contribution in [0.2, 0.25) is 0 Å². The third kappa shape index (κ3) is 1.63. The summed E-state index contributed by atoms with van der Waals surface area (Å²) in [5.41, 5.74) is 1.10. The molecule has 0 aromatic heterocycles. The van der Waals surface area contributed by atoms with E-state index in [0.717, 1.165) is 5.56 Å². The van der Waals surface area contributed by atoms with Gasteiger partial charge in [-0.2, -0.15) is 0 Å². The van der Waals surface area contributed by atoms with Crippen molar-refractivity contribution in [2.75, 3.05) is 0 Å². The molecule has 2 rings (SSSR count). The molecule has 0 aliphatic carbocycles. The predicted molar refractivity (Wildman–Crippen MR) is 49.4 cm³/mol. The van der Waals surface area contributed by atoms with E-state index in [2.05, 4.69) is 0 Å². The summed E-state index contributed by atoms with van der Waals surface area (Å²) in [4.78, 5) is 11.2. The highest BCUT2D eigenvalue weighted by molar-refractivity contribution is 5.85. The van der Waals surface area contributed by atoms with Crippen molar-refractivity contribution in [3.8, 4) is 0 Å². The van der Waals surface area contributed by atoms with Crippen LogP contribution in [0.15, 0.2) is 30.3 Å². The number of carbonyl (C=O) groups excluding carboxylic acids is 1. The molecule has 2 nitrogen and oxygen atoms in total. The van der Waals surface area contributed by atoms with E-state index >= 15 is 0 Å². The molecule has 0 unspecified atom stereocenters. The fourth-order valence-electron chi connectivity index (χ4n) is 1.58. The number of hydrogen-bond donors (Lipinski definition) is 0. The van der Waals surface area contributed by atoms with Gasteiger partial charge in [-0.1, -0.05) is 30.3 Å². The SMILES string of the molecule is C[C@@H]1O[C@@H](c2ccccc2)CC1=O. The van der Waals surface area contributed by atoms with Gasteiger partial charge in [-0.3, -0.25) is 4.79 Å². The minimum Gasteiger partial charge on any atom is -0.362 e. The number of rotatable bonds is 1. The maximum absolute atomic E-state index is 11.2. The zero-order valence-electron chi connectivity index (χ0n) is 7.57.